The van der Waals surface area contributed by atoms with Crippen LogP contribution in [0.15, 0.2) is 71.2 Å². The smallest absolute Gasteiger partial charge is 0.303 e. The Hall–Kier alpha value is -3.42. The second kappa shape index (κ2) is 11.5. The first kappa shape index (κ1) is 25.7. The van der Waals surface area contributed by atoms with Crippen LogP contribution in [0.4, 0.5) is 11.4 Å². The molecule has 186 valence electrons. The number of nitrogens with one attached hydrogen (secondary N) is 2. The highest BCUT2D eigenvalue weighted by Gasteiger charge is 2.28. The van der Waals surface area contributed by atoms with Gasteiger partial charge < -0.3 is 15.7 Å². The van der Waals surface area contributed by atoms with Gasteiger partial charge in [0.15, 0.2) is 0 Å². The Morgan fingerprint density at radius 2 is 1.64 bits per heavy atom. The summed E-state index contributed by atoms with van der Waals surface area (Å²) in [7, 11) is 0. The van der Waals surface area contributed by atoms with Gasteiger partial charge in [-0.15, -0.1) is 0 Å². The van der Waals surface area contributed by atoms with Gasteiger partial charge in [0.25, 0.3) is 5.91 Å². The Kier molecular flexibility index (Phi) is 8.23. The zero-order valence-corrected chi connectivity index (χ0v) is 22.1. The van der Waals surface area contributed by atoms with Crippen LogP contribution in [0.5, 0.6) is 0 Å². The topological polar surface area (TPSA) is 81.7 Å². The van der Waals surface area contributed by atoms with Crippen LogP contribution in [0, 0.1) is 0 Å². The first-order valence-electron chi connectivity index (χ1n) is 12.1. The van der Waals surface area contributed by atoms with Gasteiger partial charge in [-0.25, -0.2) is 0 Å². The van der Waals surface area contributed by atoms with Gasteiger partial charge in [0.05, 0.1) is 17.0 Å². The number of anilines is 2. The van der Waals surface area contributed by atoms with Crippen molar-refractivity contribution in [3.8, 4) is 0 Å². The Labute approximate surface area is 220 Å². The van der Waals surface area contributed by atoms with Crippen molar-refractivity contribution < 1.29 is 14.7 Å². The molecule has 0 aromatic heterocycles. The van der Waals surface area contributed by atoms with Crippen LogP contribution in [-0.2, 0) is 22.6 Å². The number of carbonyl (C=O) groups is 2. The summed E-state index contributed by atoms with van der Waals surface area (Å²) in [6.45, 7) is 7.21. The van der Waals surface area contributed by atoms with E-state index in [1.165, 1.54) is 5.56 Å². The molecule has 1 aliphatic rings. The highest BCUT2D eigenvalue weighted by Crippen LogP contribution is 2.39. The minimum Gasteiger partial charge on any atom is -0.481 e. The minimum atomic E-state index is -0.821. The molecule has 0 aliphatic carbocycles. The second-order valence-electron chi connectivity index (χ2n) is 8.77. The molecular formula is C29H30BrN3O3. The fraction of sp³-hybridized carbons (Fsp3) is 0.241. The van der Waals surface area contributed by atoms with E-state index in [1.807, 2.05) is 54.6 Å². The molecule has 36 heavy (non-hydrogen) atoms. The normalized spacial score (nSPS) is 13.9. The molecule has 0 atom stereocenters. The van der Waals surface area contributed by atoms with Gasteiger partial charge in [-0.05, 0) is 60.5 Å². The van der Waals surface area contributed by atoms with Crippen molar-refractivity contribution in [3.05, 3.63) is 93.5 Å². The standard InChI is InChI=1S/C29H30BrN3O3/c1-3-33(4-2)18-20-7-13-23(14-8-20)31-28(21-10-5-19(6-11-21)9-16-26(34)35)27-24-15-12-22(30)17-25(24)32-29(27)36/h5-8,10-15,17,31H,3-4,9,16,18H2,1-2H3,(H,32,36)(H,34,35)/b28-27-. The molecule has 3 aromatic carbocycles. The minimum absolute atomic E-state index is 0.0794. The van der Waals surface area contributed by atoms with Crippen molar-refractivity contribution in [1.29, 1.82) is 0 Å². The van der Waals surface area contributed by atoms with E-state index < -0.39 is 5.97 Å². The number of carboxylic acids is 1. The van der Waals surface area contributed by atoms with Gasteiger partial charge in [0, 0.05) is 28.7 Å². The Bertz CT molecular complexity index is 1280. The summed E-state index contributed by atoms with van der Waals surface area (Å²) in [6.07, 6.45) is 0.538. The lowest BCUT2D eigenvalue weighted by Gasteiger charge is -2.19. The molecule has 4 rings (SSSR count). The molecule has 6 nitrogen and oxygen atoms in total. The van der Waals surface area contributed by atoms with Crippen molar-refractivity contribution in [2.75, 3.05) is 23.7 Å². The Balaban J connectivity index is 1.70. The third kappa shape index (κ3) is 6.04. The lowest BCUT2D eigenvalue weighted by Crippen LogP contribution is -2.22. The maximum absolute atomic E-state index is 13.1. The van der Waals surface area contributed by atoms with E-state index in [0.29, 0.717) is 17.7 Å². The average Bonchev–Trinajstić information content (AvgIpc) is 3.20. The zero-order chi connectivity index (χ0) is 25.7. The summed E-state index contributed by atoms with van der Waals surface area (Å²) in [5.41, 5.74) is 6.77. The van der Waals surface area contributed by atoms with Crippen LogP contribution >= 0.6 is 15.9 Å². The third-order valence-corrected chi connectivity index (χ3v) is 6.86. The summed E-state index contributed by atoms with van der Waals surface area (Å²) < 4.78 is 0.892. The number of carboxylic acid groups (broad SMARTS) is 1. The van der Waals surface area contributed by atoms with E-state index in [4.69, 9.17) is 5.11 Å². The number of aryl methyl sites for hydroxylation is 1. The van der Waals surface area contributed by atoms with Crippen molar-refractivity contribution in [1.82, 2.24) is 4.90 Å². The summed E-state index contributed by atoms with van der Waals surface area (Å²) in [6, 6.07) is 21.8. The quantitative estimate of drug-likeness (QED) is 0.262. The van der Waals surface area contributed by atoms with Crippen LogP contribution in [0.3, 0.4) is 0 Å². The highest BCUT2D eigenvalue weighted by molar-refractivity contribution is 9.10. The van der Waals surface area contributed by atoms with Gasteiger partial charge >= 0.3 is 5.97 Å². The number of nitrogens with zero attached hydrogens (tertiary/aromatic N) is 1. The van der Waals surface area contributed by atoms with E-state index in [0.717, 1.165) is 52.2 Å². The number of benzene rings is 3. The van der Waals surface area contributed by atoms with Crippen LogP contribution in [0.1, 0.15) is 42.5 Å². The maximum Gasteiger partial charge on any atom is 0.303 e. The summed E-state index contributed by atoms with van der Waals surface area (Å²) in [5.74, 6) is -0.989. The number of hydrogen-bond donors (Lipinski definition) is 3. The lowest BCUT2D eigenvalue weighted by molar-refractivity contribution is -0.137. The maximum atomic E-state index is 13.1. The molecule has 0 fully saturated rings. The van der Waals surface area contributed by atoms with E-state index in [9.17, 15) is 9.59 Å². The molecule has 0 saturated heterocycles. The average molecular weight is 548 g/mol. The van der Waals surface area contributed by atoms with Gasteiger partial charge in [-0.1, -0.05) is 72.2 Å². The van der Waals surface area contributed by atoms with Crippen LogP contribution < -0.4 is 10.6 Å². The van der Waals surface area contributed by atoms with Crippen molar-refractivity contribution in [2.45, 2.75) is 33.2 Å². The number of carbonyl (C=O) groups excluding carboxylic acids is 1. The molecule has 0 radical (unpaired) electrons. The van der Waals surface area contributed by atoms with Crippen LogP contribution in [0.2, 0.25) is 0 Å². The summed E-state index contributed by atoms with van der Waals surface area (Å²) in [4.78, 5) is 26.5. The molecule has 1 amide bonds. The molecule has 7 heteroatoms. The second-order valence-corrected chi connectivity index (χ2v) is 9.68. The number of fused-ring (bicyclic) bond motifs is 1. The van der Waals surface area contributed by atoms with E-state index in [2.05, 4.69) is 57.4 Å². The van der Waals surface area contributed by atoms with Crippen LogP contribution in [0.25, 0.3) is 11.3 Å². The number of rotatable bonds is 10. The highest BCUT2D eigenvalue weighted by atomic mass is 79.9. The molecule has 0 saturated carbocycles. The number of aliphatic carboxylic acids is 1. The van der Waals surface area contributed by atoms with Crippen LogP contribution in [-0.4, -0.2) is 35.0 Å². The first-order valence-corrected chi connectivity index (χ1v) is 12.9. The van der Waals surface area contributed by atoms with E-state index in [-0.39, 0.29) is 12.3 Å². The molecule has 0 unspecified atom stereocenters. The number of amides is 1. The molecule has 3 aromatic rings. The molecular weight excluding hydrogens is 518 g/mol. The zero-order valence-electron chi connectivity index (χ0n) is 20.5. The molecule has 3 N–H and O–H groups in total. The number of hydrogen-bond acceptors (Lipinski definition) is 4. The molecule has 1 aliphatic heterocycles. The van der Waals surface area contributed by atoms with Gasteiger partial charge in [-0.2, -0.15) is 0 Å². The van der Waals surface area contributed by atoms with Gasteiger partial charge in [0.1, 0.15) is 0 Å². The van der Waals surface area contributed by atoms with Crippen molar-refractivity contribution >= 4 is 50.5 Å². The fourth-order valence-electron chi connectivity index (χ4n) is 4.30. The SMILES string of the molecule is CCN(CC)Cc1ccc(N/C(=C2\C(=O)Nc3cc(Br)ccc32)c2ccc(CCC(=O)O)cc2)cc1. The predicted octanol–water partition coefficient (Wildman–Crippen LogP) is 6.24. The lowest BCUT2D eigenvalue weighted by atomic mass is 9.98. The van der Waals surface area contributed by atoms with E-state index in [1.54, 1.807) is 0 Å². The summed E-state index contributed by atoms with van der Waals surface area (Å²) in [5, 5.41) is 15.5. The van der Waals surface area contributed by atoms with Gasteiger partial charge in [-0.3, -0.25) is 14.5 Å². The fourth-order valence-corrected chi connectivity index (χ4v) is 4.67. The molecule has 0 bridgehead atoms. The molecule has 1 heterocycles. The predicted molar refractivity (Wildman–Crippen MR) is 149 cm³/mol. The number of halogens is 1. The first-order chi connectivity index (χ1) is 17.4. The Morgan fingerprint density at radius 3 is 2.28 bits per heavy atom. The largest absolute Gasteiger partial charge is 0.481 e. The van der Waals surface area contributed by atoms with Crippen molar-refractivity contribution in [2.24, 2.45) is 0 Å². The third-order valence-electron chi connectivity index (χ3n) is 6.37. The van der Waals surface area contributed by atoms with Crippen molar-refractivity contribution in [3.63, 3.8) is 0 Å². The van der Waals surface area contributed by atoms with E-state index >= 15 is 0 Å². The monoisotopic (exact) mass is 547 g/mol. The molecule has 0 spiro atoms. The Morgan fingerprint density at radius 1 is 0.972 bits per heavy atom. The summed E-state index contributed by atoms with van der Waals surface area (Å²) >= 11 is 3.48. The van der Waals surface area contributed by atoms with Gasteiger partial charge in [0.2, 0.25) is 0 Å².